The lowest BCUT2D eigenvalue weighted by Gasteiger charge is -2.41. The van der Waals surface area contributed by atoms with Crippen LogP contribution in [-0.4, -0.2) is 40.9 Å². The van der Waals surface area contributed by atoms with Crippen molar-refractivity contribution >= 4 is 0 Å². The third kappa shape index (κ3) is 2.88. The summed E-state index contributed by atoms with van der Waals surface area (Å²) < 4.78 is 36.4. The second kappa shape index (κ2) is 4.18. The zero-order valence-corrected chi connectivity index (χ0v) is 9.26. The fourth-order valence-electron chi connectivity index (χ4n) is 2.91. The Bertz CT molecular complexity index is 256. The molecule has 0 spiro atoms. The third-order valence-electron chi connectivity index (χ3n) is 3.85. The lowest BCUT2D eigenvalue weighted by molar-refractivity contribution is -0.152. The van der Waals surface area contributed by atoms with Crippen LogP contribution in [0.2, 0.25) is 0 Å². The summed E-state index contributed by atoms with van der Waals surface area (Å²) in [5.74, 6) is 0. The second-order valence-corrected chi connectivity index (χ2v) is 5.13. The molecule has 2 unspecified atom stereocenters. The number of nitrogens with zero attached hydrogens (tertiary/aromatic N) is 1. The number of halogens is 3. The molecule has 2 aliphatic rings. The van der Waals surface area contributed by atoms with E-state index < -0.39 is 18.2 Å². The normalized spacial score (nSPS) is 36.4. The Kier molecular flexibility index (Phi) is 3.18. The highest BCUT2D eigenvalue weighted by Gasteiger charge is 2.42. The largest absolute Gasteiger partial charge is 0.390 e. The Morgan fingerprint density at radius 1 is 1.31 bits per heavy atom. The molecule has 0 bridgehead atoms. The molecule has 2 atom stereocenters. The van der Waals surface area contributed by atoms with E-state index in [0.29, 0.717) is 18.9 Å². The summed E-state index contributed by atoms with van der Waals surface area (Å²) in [4.78, 5) is 2.29. The highest BCUT2D eigenvalue weighted by molar-refractivity contribution is 4.94. The molecule has 1 N–H and O–H groups in total. The Morgan fingerprint density at radius 2 is 2.06 bits per heavy atom. The van der Waals surface area contributed by atoms with Gasteiger partial charge < -0.3 is 10.0 Å². The van der Waals surface area contributed by atoms with Crippen molar-refractivity contribution in [1.29, 1.82) is 0 Å². The fraction of sp³-hybridized carbons (Fsp3) is 1.00. The van der Waals surface area contributed by atoms with Gasteiger partial charge in [0.2, 0.25) is 0 Å². The maximum atomic E-state index is 12.1. The van der Waals surface area contributed by atoms with E-state index in [0.717, 1.165) is 25.9 Å². The lowest BCUT2D eigenvalue weighted by atomic mass is 9.83. The number of alkyl halides is 3. The average molecular weight is 237 g/mol. The van der Waals surface area contributed by atoms with Crippen molar-refractivity contribution in [3.05, 3.63) is 0 Å². The smallest absolute Gasteiger partial charge is 0.389 e. The molecule has 0 aromatic carbocycles. The SMILES string of the molecule is OC1(CCC(F)(F)F)CCN2CCCC2C1. The Balaban J connectivity index is 1.88. The van der Waals surface area contributed by atoms with Crippen LogP contribution in [0, 0.1) is 0 Å². The molecule has 0 amide bonds. The number of fused-ring (bicyclic) bond motifs is 1. The van der Waals surface area contributed by atoms with Crippen LogP contribution in [0.4, 0.5) is 13.2 Å². The van der Waals surface area contributed by atoms with Gasteiger partial charge in [-0.2, -0.15) is 13.2 Å². The minimum absolute atomic E-state index is 0.138. The zero-order valence-electron chi connectivity index (χ0n) is 9.26. The van der Waals surface area contributed by atoms with Gasteiger partial charge in [-0.15, -0.1) is 0 Å². The molecular weight excluding hydrogens is 219 g/mol. The molecule has 2 heterocycles. The van der Waals surface area contributed by atoms with Gasteiger partial charge in [-0.05, 0) is 38.6 Å². The predicted octanol–water partition coefficient (Wildman–Crippen LogP) is 2.32. The van der Waals surface area contributed by atoms with Crippen molar-refractivity contribution in [2.45, 2.75) is 56.3 Å². The van der Waals surface area contributed by atoms with Crippen molar-refractivity contribution in [2.75, 3.05) is 13.1 Å². The number of rotatable bonds is 2. The second-order valence-electron chi connectivity index (χ2n) is 5.13. The molecular formula is C11H18F3NO. The van der Waals surface area contributed by atoms with Crippen LogP contribution in [0.15, 0.2) is 0 Å². The van der Waals surface area contributed by atoms with Crippen LogP contribution in [0.1, 0.15) is 38.5 Å². The Hall–Kier alpha value is -0.290. The first kappa shape index (κ1) is 12.2. The monoisotopic (exact) mass is 237 g/mol. The Morgan fingerprint density at radius 3 is 2.75 bits per heavy atom. The van der Waals surface area contributed by atoms with Crippen molar-refractivity contribution in [2.24, 2.45) is 0 Å². The minimum atomic E-state index is -4.15. The molecule has 0 aliphatic carbocycles. The molecule has 0 saturated carbocycles. The van der Waals surface area contributed by atoms with Gasteiger partial charge in [0.1, 0.15) is 0 Å². The lowest BCUT2D eigenvalue weighted by Crippen LogP contribution is -2.48. The van der Waals surface area contributed by atoms with Crippen molar-refractivity contribution in [3.63, 3.8) is 0 Å². The van der Waals surface area contributed by atoms with E-state index in [1.807, 2.05) is 0 Å². The van der Waals surface area contributed by atoms with Crippen molar-refractivity contribution < 1.29 is 18.3 Å². The number of hydrogen-bond donors (Lipinski definition) is 1. The van der Waals surface area contributed by atoms with E-state index in [4.69, 9.17) is 0 Å². The van der Waals surface area contributed by atoms with E-state index in [-0.39, 0.29) is 6.42 Å². The summed E-state index contributed by atoms with van der Waals surface area (Å²) >= 11 is 0. The third-order valence-corrected chi connectivity index (χ3v) is 3.85. The fourth-order valence-corrected chi connectivity index (χ4v) is 2.91. The van der Waals surface area contributed by atoms with Gasteiger partial charge in [-0.3, -0.25) is 0 Å². The van der Waals surface area contributed by atoms with Gasteiger partial charge >= 0.3 is 6.18 Å². The first-order valence-corrected chi connectivity index (χ1v) is 5.91. The molecule has 2 saturated heterocycles. The first-order valence-electron chi connectivity index (χ1n) is 5.91. The average Bonchev–Trinajstić information content (AvgIpc) is 2.61. The number of piperidine rings is 1. The van der Waals surface area contributed by atoms with E-state index in [9.17, 15) is 18.3 Å². The van der Waals surface area contributed by atoms with E-state index in [1.54, 1.807) is 0 Å². The van der Waals surface area contributed by atoms with Gasteiger partial charge in [0.25, 0.3) is 0 Å². The van der Waals surface area contributed by atoms with Crippen LogP contribution in [0.5, 0.6) is 0 Å². The standard InChI is InChI=1S/C11H18F3NO/c12-11(13,14)4-3-10(16)5-7-15-6-1-2-9(15)8-10/h9,16H,1-8H2. The topological polar surface area (TPSA) is 23.5 Å². The van der Waals surface area contributed by atoms with Crippen LogP contribution < -0.4 is 0 Å². The predicted molar refractivity (Wildman–Crippen MR) is 54.1 cm³/mol. The zero-order chi connectivity index (χ0) is 11.8. The summed E-state index contributed by atoms with van der Waals surface area (Å²) in [7, 11) is 0. The molecule has 0 aromatic heterocycles. The molecule has 2 aliphatic heterocycles. The van der Waals surface area contributed by atoms with Crippen LogP contribution in [0.3, 0.4) is 0 Å². The van der Waals surface area contributed by atoms with E-state index >= 15 is 0 Å². The molecule has 5 heteroatoms. The maximum absolute atomic E-state index is 12.1. The quantitative estimate of drug-likeness (QED) is 0.796. The number of hydrogen-bond acceptors (Lipinski definition) is 2. The first-order chi connectivity index (χ1) is 7.38. The van der Waals surface area contributed by atoms with Gasteiger partial charge in [0.15, 0.2) is 0 Å². The molecule has 2 fully saturated rings. The van der Waals surface area contributed by atoms with Crippen LogP contribution in [0.25, 0.3) is 0 Å². The summed E-state index contributed by atoms with van der Waals surface area (Å²) in [5.41, 5.74) is -1.08. The van der Waals surface area contributed by atoms with Crippen LogP contribution >= 0.6 is 0 Å². The Labute approximate surface area is 93.4 Å². The van der Waals surface area contributed by atoms with Crippen molar-refractivity contribution in [1.82, 2.24) is 4.90 Å². The summed E-state index contributed by atoms with van der Waals surface area (Å²) in [6.07, 6.45) is -2.02. The van der Waals surface area contributed by atoms with E-state index in [1.165, 1.54) is 0 Å². The maximum Gasteiger partial charge on any atom is 0.389 e. The summed E-state index contributed by atoms with van der Waals surface area (Å²) in [6, 6.07) is 0.312. The molecule has 0 radical (unpaired) electrons. The van der Waals surface area contributed by atoms with Gasteiger partial charge in [0.05, 0.1) is 5.60 Å². The molecule has 0 aromatic rings. The van der Waals surface area contributed by atoms with E-state index in [2.05, 4.69) is 4.90 Å². The molecule has 2 rings (SSSR count). The van der Waals surface area contributed by atoms with Gasteiger partial charge in [-0.1, -0.05) is 0 Å². The van der Waals surface area contributed by atoms with Crippen LogP contribution in [-0.2, 0) is 0 Å². The summed E-state index contributed by atoms with van der Waals surface area (Å²) in [5, 5.41) is 10.2. The van der Waals surface area contributed by atoms with Crippen molar-refractivity contribution in [3.8, 4) is 0 Å². The molecule has 2 nitrogen and oxygen atoms in total. The summed E-state index contributed by atoms with van der Waals surface area (Å²) in [6.45, 7) is 1.79. The number of aliphatic hydroxyl groups is 1. The highest BCUT2D eigenvalue weighted by Crippen LogP contribution is 2.37. The minimum Gasteiger partial charge on any atom is -0.390 e. The molecule has 16 heavy (non-hydrogen) atoms. The van der Waals surface area contributed by atoms with Gasteiger partial charge in [0, 0.05) is 19.0 Å². The highest BCUT2D eigenvalue weighted by atomic mass is 19.4. The van der Waals surface area contributed by atoms with Gasteiger partial charge in [-0.25, -0.2) is 0 Å². The molecule has 94 valence electrons.